The van der Waals surface area contributed by atoms with Crippen LogP contribution in [0, 0.1) is 21.4 Å². The maximum Gasteiger partial charge on any atom is 0.420 e. The number of hydrogen-bond acceptors (Lipinski definition) is 6. The molecule has 114 valence electrons. The Kier molecular flexibility index (Phi) is 4.22. The number of aromatic nitrogens is 1. The number of nitro benzene ring substituents is 1. The topological polar surface area (TPSA) is 122 Å². The summed E-state index contributed by atoms with van der Waals surface area (Å²) in [6.45, 7) is -0.0745. The van der Waals surface area contributed by atoms with Crippen molar-refractivity contribution in [2.75, 3.05) is 13.6 Å². The highest BCUT2D eigenvalue weighted by Gasteiger charge is 2.17. The number of carbonyl (C=O) groups is 1. The van der Waals surface area contributed by atoms with Crippen LogP contribution in [0.1, 0.15) is 6.42 Å². The lowest BCUT2D eigenvalue weighted by atomic mass is 10.3. The van der Waals surface area contributed by atoms with Crippen molar-refractivity contribution in [3.05, 3.63) is 38.9 Å². The first kappa shape index (κ1) is 15.2. The molecule has 0 N–H and O–H groups in total. The van der Waals surface area contributed by atoms with Crippen LogP contribution in [0.3, 0.4) is 0 Å². The summed E-state index contributed by atoms with van der Waals surface area (Å²) in [4.78, 5) is 35.3. The molecule has 0 atom stereocenters. The van der Waals surface area contributed by atoms with Crippen LogP contribution in [0.4, 0.5) is 5.69 Å². The lowest BCUT2D eigenvalue weighted by Crippen LogP contribution is -2.33. The minimum Gasteiger partial charge on any atom is -0.408 e. The van der Waals surface area contributed by atoms with Gasteiger partial charge in [-0.2, -0.15) is 5.26 Å². The van der Waals surface area contributed by atoms with Crippen LogP contribution in [0.15, 0.2) is 27.4 Å². The van der Waals surface area contributed by atoms with E-state index in [-0.39, 0.29) is 36.3 Å². The molecule has 1 aromatic carbocycles. The van der Waals surface area contributed by atoms with E-state index < -0.39 is 16.6 Å². The van der Waals surface area contributed by atoms with Crippen LogP contribution >= 0.6 is 0 Å². The lowest BCUT2D eigenvalue weighted by Gasteiger charge is -2.15. The zero-order valence-electron chi connectivity index (χ0n) is 11.7. The summed E-state index contributed by atoms with van der Waals surface area (Å²) in [5.74, 6) is -1.16. The quantitative estimate of drug-likeness (QED) is 0.596. The fourth-order valence-corrected chi connectivity index (χ4v) is 1.91. The van der Waals surface area contributed by atoms with Gasteiger partial charge in [0.2, 0.25) is 5.91 Å². The molecule has 0 saturated heterocycles. The maximum atomic E-state index is 12.0. The van der Waals surface area contributed by atoms with Crippen molar-refractivity contribution in [2.24, 2.45) is 0 Å². The van der Waals surface area contributed by atoms with Crippen molar-refractivity contribution >= 4 is 22.7 Å². The highest BCUT2D eigenvalue weighted by atomic mass is 16.6. The van der Waals surface area contributed by atoms with Crippen LogP contribution in [0.25, 0.3) is 11.1 Å². The van der Waals surface area contributed by atoms with E-state index >= 15 is 0 Å². The summed E-state index contributed by atoms with van der Waals surface area (Å²) in [6, 6.07) is 5.63. The number of nitrogens with zero attached hydrogens (tertiary/aromatic N) is 4. The van der Waals surface area contributed by atoms with Crippen LogP contribution in [-0.2, 0) is 11.3 Å². The average Bonchev–Trinajstić information content (AvgIpc) is 2.79. The number of oxazole rings is 1. The zero-order chi connectivity index (χ0) is 16.3. The van der Waals surface area contributed by atoms with Crippen LogP contribution in [-0.4, -0.2) is 33.9 Å². The third kappa shape index (κ3) is 2.95. The third-order valence-corrected chi connectivity index (χ3v) is 3.14. The van der Waals surface area contributed by atoms with Crippen molar-refractivity contribution in [3.63, 3.8) is 0 Å². The fraction of sp³-hybridized carbons (Fsp3) is 0.308. The van der Waals surface area contributed by atoms with E-state index in [9.17, 15) is 19.7 Å². The van der Waals surface area contributed by atoms with E-state index in [0.717, 1.165) is 4.57 Å². The van der Waals surface area contributed by atoms with E-state index in [1.54, 1.807) is 0 Å². The predicted octanol–water partition coefficient (Wildman–Crippen LogP) is 0.875. The summed E-state index contributed by atoms with van der Waals surface area (Å²) < 4.78 is 5.99. The number of nitro groups is 1. The van der Waals surface area contributed by atoms with Gasteiger partial charge >= 0.3 is 5.76 Å². The Morgan fingerprint density at radius 3 is 2.91 bits per heavy atom. The molecule has 1 amide bonds. The number of carbonyl (C=O) groups excluding carboxylic acids is 1. The van der Waals surface area contributed by atoms with Gasteiger partial charge in [0.25, 0.3) is 5.69 Å². The molecular formula is C13H12N4O5. The van der Waals surface area contributed by atoms with E-state index in [1.807, 2.05) is 6.07 Å². The highest BCUT2D eigenvalue weighted by Crippen LogP contribution is 2.20. The first-order valence-electron chi connectivity index (χ1n) is 6.32. The molecule has 0 spiro atoms. The molecule has 0 aliphatic carbocycles. The number of nitriles is 1. The number of amides is 1. The first-order valence-corrected chi connectivity index (χ1v) is 6.32. The molecule has 2 aromatic rings. The van der Waals surface area contributed by atoms with Gasteiger partial charge in [-0.25, -0.2) is 4.79 Å². The number of likely N-dealkylation sites (N-methyl/N-ethyl adjacent to an activating group) is 1. The molecule has 0 fully saturated rings. The van der Waals surface area contributed by atoms with Gasteiger partial charge in [-0.1, -0.05) is 0 Å². The van der Waals surface area contributed by atoms with E-state index in [2.05, 4.69) is 0 Å². The summed E-state index contributed by atoms with van der Waals surface area (Å²) >= 11 is 0. The van der Waals surface area contributed by atoms with Gasteiger partial charge in [-0.3, -0.25) is 19.5 Å². The second-order valence-corrected chi connectivity index (χ2v) is 4.59. The minimum absolute atomic E-state index is 0.170. The number of fused-ring (bicyclic) bond motifs is 1. The number of rotatable bonds is 5. The Morgan fingerprint density at radius 1 is 1.55 bits per heavy atom. The number of non-ortho nitro benzene ring substituents is 1. The molecule has 9 heteroatoms. The normalized spacial score (nSPS) is 10.4. The average molecular weight is 304 g/mol. The molecule has 0 unspecified atom stereocenters. The molecule has 0 aliphatic heterocycles. The smallest absolute Gasteiger partial charge is 0.408 e. The van der Waals surface area contributed by atoms with E-state index in [1.165, 1.54) is 30.1 Å². The predicted molar refractivity (Wildman–Crippen MR) is 75.0 cm³/mol. The van der Waals surface area contributed by atoms with Gasteiger partial charge in [0, 0.05) is 25.7 Å². The third-order valence-electron chi connectivity index (χ3n) is 3.14. The molecule has 2 rings (SSSR count). The van der Waals surface area contributed by atoms with Crippen molar-refractivity contribution in [1.82, 2.24) is 9.47 Å². The second kappa shape index (κ2) is 6.09. The van der Waals surface area contributed by atoms with Crippen molar-refractivity contribution in [3.8, 4) is 6.07 Å². The highest BCUT2D eigenvalue weighted by molar-refractivity contribution is 5.80. The number of hydrogen-bond donors (Lipinski definition) is 0. The first-order chi connectivity index (χ1) is 10.4. The molecule has 1 aromatic heterocycles. The van der Waals surface area contributed by atoms with Gasteiger partial charge in [-0.15, -0.1) is 0 Å². The molecule has 22 heavy (non-hydrogen) atoms. The van der Waals surface area contributed by atoms with Crippen molar-refractivity contribution in [1.29, 1.82) is 5.26 Å². The number of benzene rings is 1. The molecular weight excluding hydrogens is 292 g/mol. The van der Waals surface area contributed by atoms with Crippen LogP contribution in [0.5, 0.6) is 0 Å². The molecule has 0 saturated carbocycles. The zero-order valence-corrected chi connectivity index (χ0v) is 11.7. The van der Waals surface area contributed by atoms with E-state index in [4.69, 9.17) is 9.68 Å². The fourth-order valence-electron chi connectivity index (χ4n) is 1.91. The Balaban J connectivity index is 2.34. The Bertz CT molecular complexity index is 829. The SMILES string of the molecule is CN(CCC#N)C(=O)Cn1c(=O)oc2ccc([N+](=O)[O-])cc21. The van der Waals surface area contributed by atoms with Crippen LogP contribution in [0.2, 0.25) is 0 Å². The van der Waals surface area contributed by atoms with Gasteiger partial charge in [-0.05, 0) is 6.07 Å². The molecule has 1 heterocycles. The molecule has 9 nitrogen and oxygen atoms in total. The Hall–Kier alpha value is -3.15. The summed E-state index contributed by atoms with van der Waals surface area (Å²) in [5, 5.41) is 19.3. The summed E-state index contributed by atoms with van der Waals surface area (Å²) in [7, 11) is 1.51. The Labute approximate surface area is 124 Å². The van der Waals surface area contributed by atoms with Gasteiger partial charge in [0.1, 0.15) is 6.54 Å². The van der Waals surface area contributed by atoms with Crippen molar-refractivity contribution < 1.29 is 14.1 Å². The largest absolute Gasteiger partial charge is 0.420 e. The molecule has 0 bridgehead atoms. The van der Waals surface area contributed by atoms with Gasteiger partial charge in [0.05, 0.1) is 22.9 Å². The van der Waals surface area contributed by atoms with Gasteiger partial charge in [0.15, 0.2) is 5.58 Å². The van der Waals surface area contributed by atoms with Gasteiger partial charge < -0.3 is 9.32 Å². The van der Waals surface area contributed by atoms with Crippen molar-refractivity contribution in [2.45, 2.75) is 13.0 Å². The molecule has 0 aliphatic rings. The second-order valence-electron chi connectivity index (χ2n) is 4.59. The Morgan fingerprint density at radius 2 is 2.27 bits per heavy atom. The summed E-state index contributed by atoms with van der Waals surface area (Å²) in [5.41, 5.74) is 0.150. The van der Waals surface area contributed by atoms with E-state index in [0.29, 0.717) is 0 Å². The standard InChI is InChI=1S/C13H12N4O5/c1-15(6-2-5-14)12(18)8-16-10-7-9(17(20)21)3-4-11(10)22-13(16)19/h3-4,7H,2,6,8H2,1H3. The minimum atomic E-state index is -0.766. The van der Waals surface area contributed by atoms with Crippen LogP contribution < -0.4 is 5.76 Å². The monoisotopic (exact) mass is 304 g/mol. The maximum absolute atomic E-state index is 12.0. The lowest BCUT2D eigenvalue weighted by molar-refractivity contribution is -0.384. The summed E-state index contributed by atoms with van der Waals surface area (Å²) in [6.07, 6.45) is 0.175. The molecule has 0 radical (unpaired) electrons.